The van der Waals surface area contributed by atoms with Gasteiger partial charge >= 0.3 is 0 Å². The largest absolute Gasteiger partial charge is 0.467 e. The minimum atomic E-state index is 0.583. The molecule has 2 aromatic rings. The maximum atomic E-state index is 5.20. The van der Waals surface area contributed by atoms with E-state index in [1.54, 1.807) is 6.26 Å². The van der Waals surface area contributed by atoms with Crippen molar-refractivity contribution in [1.29, 1.82) is 0 Å². The number of furan rings is 1. The van der Waals surface area contributed by atoms with Crippen molar-refractivity contribution in [2.75, 3.05) is 0 Å². The Labute approximate surface area is 111 Å². The Morgan fingerprint density at radius 2 is 2.22 bits per heavy atom. The number of aromatic nitrogens is 2. The first kappa shape index (κ1) is 12.6. The molecule has 0 fully saturated rings. The Balaban J connectivity index is 1.74. The monoisotopic (exact) mass is 264 g/mol. The summed E-state index contributed by atoms with van der Waals surface area (Å²) in [5.41, 5.74) is 2.10. The van der Waals surface area contributed by atoms with Gasteiger partial charge in [-0.05, 0) is 37.3 Å². The van der Waals surface area contributed by atoms with Gasteiger partial charge in [-0.15, -0.1) is 0 Å². The number of aryl methyl sites for hydroxylation is 2. The van der Waals surface area contributed by atoms with Crippen molar-refractivity contribution in [1.82, 2.24) is 20.4 Å². The number of hydrogen-bond donors (Lipinski definition) is 2. The average Bonchev–Trinajstić information content (AvgIpc) is 2.95. The minimum Gasteiger partial charge on any atom is -0.467 e. The van der Waals surface area contributed by atoms with E-state index >= 15 is 0 Å². The van der Waals surface area contributed by atoms with Crippen molar-refractivity contribution in [3.8, 4) is 0 Å². The molecule has 0 spiro atoms. The Kier molecular flexibility index (Phi) is 3.99. The highest BCUT2D eigenvalue weighted by Crippen LogP contribution is 2.01. The van der Waals surface area contributed by atoms with E-state index in [9.17, 15) is 0 Å². The van der Waals surface area contributed by atoms with Gasteiger partial charge in [-0.2, -0.15) is 5.10 Å². The molecule has 2 heterocycles. The molecule has 0 saturated carbocycles. The van der Waals surface area contributed by atoms with Crippen LogP contribution >= 0.6 is 12.2 Å². The third kappa shape index (κ3) is 3.33. The van der Waals surface area contributed by atoms with E-state index in [-0.39, 0.29) is 0 Å². The van der Waals surface area contributed by atoms with Crippen LogP contribution in [0.15, 0.2) is 28.9 Å². The molecule has 2 aromatic heterocycles. The molecule has 96 valence electrons. The molecule has 0 aliphatic rings. The van der Waals surface area contributed by atoms with Gasteiger partial charge in [-0.1, -0.05) is 0 Å². The zero-order valence-electron chi connectivity index (χ0n) is 10.4. The zero-order valence-corrected chi connectivity index (χ0v) is 11.3. The zero-order chi connectivity index (χ0) is 13.0. The Hall–Kier alpha value is -1.82. The van der Waals surface area contributed by atoms with E-state index in [1.165, 1.54) is 0 Å². The third-order valence-electron chi connectivity index (χ3n) is 2.60. The lowest BCUT2D eigenvalue weighted by Crippen LogP contribution is -2.34. The molecule has 0 aliphatic heterocycles. The van der Waals surface area contributed by atoms with Crippen LogP contribution < -0.4 is 10.6 Å². The first-order valence-electron chi connectivity index (χ1n) is 5.69. The highest BCUT2D eigenvalue weighted by Gasteiger charge is 2.02. The Bertz CT molecular complexity index is 499. The van der Waals surface area contributed by atoms with E-state index in [0.717, 1.165) is 17.1 Å². The molecule has 0 radical (unpaired) electrons. The fraction of sp³-hybridized carbons (Fsp3) is 0.333. The molecular formula is C12H16N4OS. The molecular weight excluding hydrogens is 248 g/mol. The fourth-order valence-corrected chi connectivity index (χ4v) is 1.68. The lowest BCUT2D eigenvalue weighted by molar-refractivity contribution is 0.502. The normalized spacial score (nSPS) is 10.3. The summed E-state index contributed by atoms with van der Waals surface area (Å²) in [5.74, 6) is 0.854. The molecule has 18 heavy (non-hydrogen) atoms. The first-order valence-corrected chi connectivity index (χ1v) is 6.09. The highest BCUT2D eigenvalue weighted by atomic mass is 32.1. The molecule has 2 rings (SSSR count). The van der Waals surface area contributed by atoms with Crippen LogP contribution in [0, 0.1) is 6.92 Å². The van der Waals surface area contributed by atoms with Crippen LogP contribution in [0.4, 0.5) is 0 Å². The highest BCUT2D eigenvalue weighted by molar-refractivity contribution is 7.80. The molecule has 0 aliphatic carbocycles. The predicted octanol–water partition coefficient (Wildman–Crippen LogP) is 1.49. The van der Waals surface area contributed by atoms with Crippen LogP contribution in [-0.4, -0.2) is 14.9 Å². The predicted molar refractivity (Wildman–Crippen MR) is 72.9 cm³/mol. The van der Waals surface area contributed by atoms with E-state index in [1.807, 2.05) is 36.9 Å². The van der Waals surface area contributed by atoms with E-state index in [2.05, 4.69) is 15.7 Å². The Morgan fingerprint density at radius 1 is 1.44 bits per heavy atom. The summed E-state index contributed by atoms with van der Waals surface area (Å²) >= 11 is 5.17. The molecule has 6 heteroatoms. The number of thiocarbonyl (C=S) groups is 1. The molecule has 0 saturated heterocycles. The molecule has 5 nitrogen and oxygen atoms in total. The van der Waals surface area contributed by atoms with Gasteiger partial charge in [0.25, 0.3) is 0 Å². The smallest absolute Gasteiger partial charge is 0.166 e. The van der Waals surface area contributed by atoms with E-state index in [0.29, 0.717) is 18.2 Å². The SMILES string of the molecule is Cc1cc(CNC(=S)NCc2ccco2)nn1C. The maximum Gasteiger partial charge on any atom is 0.166 e. The van der Waals surface area contributed by atoms with Gasteiger partial charge in [-0.25, -0.2) is 0 Å². The summed E-state index contributed by atoms with van der Waals surface area (Å²) in [6, 6.07) is 5.78. The van der Waals surface area contributed by atoms with Crippen LogP contribution in [0.1, 0.15) is 17.1 Å². The second-order valence-corrected chi connectivity index (χ2v) is 4.42. The van der Waals surface area contributed by atoms with Crippen LogP contribution in [0.5, 0.6) is 0 Å². The lowest BCUT2D eigenvalue weighted by Gasteiger charge is -2.07. The van der Waals surface area contributed by atoms with Crippen molar-refractivity contribution >= 4 is 17.3 Å². The van der Waals surface area contributed by atoms with Gasteiger partial charge in [0, 0.05) is 12.7 Å². The van der Waals surface area contributed by atoms with Crippen LogP contribution in [0.3, 0.4) is 0 Å². The van der Waals surface area contributed by atoms with E-state index in [4.69, 9.17) is 16.6 Å². The molecule has 0 bridgehead atoms. The van der Waals surface area contributed by atoms with Gasteiger partial charge in [0.1, 0.15) is 5.76 Å². The summed E-state index contributed by atoms with van der Waals surface area (Å²) in [7, 11) is 1.92. The topological polar surface area (TPSA) is 55.0 Å². The van der Waals surface area contributed by atoms with Gasteiger partial charge < -0.3 is 15.1 Å². The lowest BCUT2D eigenvalue weighted by atomic mass is 10.4. The van der Waals surface area contributed by atoms with Crippen LogP contribution in [-0.2, 0) is 20.1 Å². The van der Waals surface area contributed by atoms with Gasteiger partial charge in [0.05, 0.1) is 25.0 Å². The molecule has 0 amide bonds. The molecule has 0 unspecified atom stereocenters. The maximum absolute atomic E-state index is 5.20. The first-order chi connectivity index (χ1) is 8.65. The van der Waals surface area contributed by atoms with Crippen molar-refractivity contribution in [3.05, 3.63) is 41.6 Å². The van der Waals surface area contributed by atoms with Gasteiger partial charge in [0.15, 0.2) is 5.11 Å². The van der Waals surface area contributed by atoms with Crippen molar-refractivity contribution in [3.63, 3.8) is 0 Å². The number of rotatable bonds is 4. The summed E-state index contributed by atoms with van der Waals surface area (Å²) in [6.07, 6.45) is 1.64. The van der Waals surface area contributed by atoms with Crippen molar-refractivity contribution < 1.29 is 4.42 Å². The number of hydrogen-bond acceptors (Lipinski definition) is 3. The number of nitrogens with zero attached hydrogens (tertiary/aromatic N) is 2. The second-order valence-electron chi connectivity index (χ2n) is 4.02. The Morgan fingerprint density at radius 3 is 2.83 bits per heavy atom. The van der Waals surface area contributed by atoms with Gasteiger partial charge in [-0.3, -0.25) is 4.68 Å². The van der Waals surface area contributed by atoms with Crippen molar-refractivity contribution in [2.45, 2.75) is 20.0 Å². The quantitative estimate of drug-likeness (QED) is 0.819. The van der Waals surface area contributed by atoms with E-state index < -0.39 is 0 Å². The minimum absolute atomic E-state index is 0.583. The summed E-state index contributed by atoms with van der Waals surface area (Å²) in [4.78, 5) is 0. The summed E-state index contributed by atoms with van der Waals surface area (Å²) < 4.78 is 7.04. The molecule has 0 atom stereocenters. The summed E-state index contributed by atoms with van der Waals surface area (Å²) in [6.45, 7) is 3.22. The average molecular weight is 264 g/mol. The number of nitrogens with one attached hydrogen (secondary N) is 2. The van der Waals surface area contributed by atoms with Crippen LogP contribution in [0.2, 0.25) is 0 Å². The fourth-order valence-electron chi connectivity index (χ4n) is 1.54. The second kappa shape index (κ2) is 5.68. The van der Waals surface area contributed by atoms with Crippen LogP contribution in [0.25, 0.3) is 0 Å². The third-order valence-corrected chi connectivity index (χ3v) is 2.89. The summed E-state index contributed by atoms with van der Waals surface area (Å²) in [5, 5.41) is 11.1. The molecule has 0 aromatic carbocycles. The standard InChI is InChI=1S/C12H16N4OS/c1-9-6-10(15-16(9)2)7-13-12(18)14-8-11-4-3-5-17-11/h3-6H,7-8H2,1-2H3,(H2,13,14,18). The molecule has 2 N–H and O–H groups in total. The van der Waals surface area contributed by atoms with Gasteiger partial charge in [0.2, 0.25) is 0 Å². The van der Waals surface area contributed by atoms with Crippen molar-refractivity contribution in [2.24, 2.45) is 7.05 Å².